The molecule has 0 aromatic carbocycles. The highest BCUT2D eigenvalue weighted by atomic mass is 16.2. The monoisotopic (exact) mass is 336 g/mol. The van der Waals surface area contributed by atoms with Gasteiger partial charge in [0.2, 0.25) is 11.8 Å². The molecule has 0 aromatic rings. The SMILES string of the molecule is CC(C)NC(=O)CN1CCN(CC(=O)NC(C2CC2)C2CC2)CC1. The average Bonchev–Trinajstić information content (AvgIpc) is 3.38. The fraction of sp³-hybridized carbons (Fsp3) is 0.889. The van der Waals surface area contributed by atoms with E-state index in [1.54, 1.807) is 0 Å². The molecule has 1 heterocycles. The molecule has 2 saturated carbocycles. The summed E-state index contributed by atoms with van der Waals surface area (Å²) < 4.78 is 0. The van der Waals surface area contributed by atoms with Gasteiger partial charge in [0.05, 0.1) is 13.1 Å². The third-order valence-corrected chi connectivity index (χ3v) is 5.24. The Hall–Kier alpha value is -1.14. The summed E-state index contributed by atoms with van der Waals surface area (Å²) in [5, 5.41) is 6.22. The van der Waals surface area contributed by atoms with E-state index < -0.39 is 0 Å². The van der Waals surface area contributed by atoms with E-state index in [1.165, 1.54) is 25.7 Å². The molecule has 0 aromatic heterocycles. The number of carbonyl (C=O) groups is 2. The summed E-state index contributed by atoms with van der Waals surface area (Å²) in [5.41, 5.74) is 0. The van der Waals surface area contributed by atoms with E-state index in [0.717, 1.165) is 38.0 Å². The molecule has 24 heavy (non-hydrogen) atoms. The summed E-state index contributed by atoms with van der Waals surface area (Å²) in [6.45, 7) is 8.35. The van der Waals surface area contributed by atoms with E-state index in [2.05, 4.69) is 20.4 Å². The molecule has 1 aliphatic heterocycles. The van der Waals surface area contributed by atoms with Crippen LogP contribution >= 0.6 is 0 Å². The van der Waals surface area contributed by atoms with Crippen molar-refractivity contribution in [1.82, 2.24) is 20.4 Å². The van der Waals surface area contributed by atoms with Crippen LogP contribution in [0.2, 0.25) is 0 Å². The highest BCUT2D eigenvalue weighted by Crippen LogP contribution is 2.44. The molecule has 3 fully saturated rings. The zero-order valence-corrected chi connectivity index (χ0v) is 15.1. The van der Waals surface area contributed by atoms with E-state index in [1.807, 2.05) is 13.8 Å². The lowest BCUT2D eigenvalue weighted by Crippen LogP contribution is -2.52. The lowest BCUT2D eigenvalue weighted by atomic mass is 10.1. The largest absolute Gasteiger partial charge is 0.353 e. The summed E-state index contributed by atoms with van der Waals surface area (Å²) in [4.78, 5) is 28.5. The van der Waals surface area contributed by atoms with E-state index in [4.69, 9.17) is 0 Å². The van der Waals surface area contributed by atoms with Crippen LogP contribution in [0, 0.1) is 11.8 Å². The summed E-state index contributed by atoms with van der Waals surface area (Å²) in [7, 11) is 0. The Morgan fingerprint density at radius 2 is 1.25 bits per heavy atom. The average molecular weight is 336 g/mol. The smallest absolute Gasteiger partial charge is 0.234 e. The van der Waals surface area contributed by atoms with E-state index >= 15 is 0 Å². The molecule has 0 spiro atoms. The summed E-state index contributed by atoms with van der Waals surface area (Å²) in [6.07, 6.45) is 5.16. The van der Waals surface area contributed by atoms with Crippen molar-refractivity contribution in [2.45, 2.75) is 51.6 Å². The maximum Gasteiger partial charge on any atom is 0.234 e. The normalized spacial score (nSPS) is 22.8. The first-order chi connectivity index (χ1) is 11.5. The molecule has 2 amide bonds. The summed E-state index contributed by atoms with van der Waals surface area (Å²) >= 11 is 0. The minimum Gasteiger partial charge on any atom is -0.353 e. The number of hydrogen-bond acceptors (Lipinski definition) is 4. The van der Waals surface area contributed by atoms with Gasteiger partial charge in [-0.15, -0.1) is 0 Å². The number of nitrogens with one attached hydrogen (secondary N) is 2. The minimum absolute atomic E-state index is 0.0906. The Labute approximate surface area is 145 Å². The van der Waals surface area contributed by atoms with Crippen molar-refractivity contribution in [3.05, 3.63) is 0 Å². The molecule has 136 valence electrons. The predicted molar refractivity (Wildman–Crippen MR) is 93.5 cm³/mol. The number of rotatable bonds is 8. The third-order valence-electron chi connectivity index (χ3n) is 5.24. The van der Waals surface area contributed by atoms with Crippen LogP contribution in [0.3, 0.4) is 0 Å². The summed E-state index contributed by atoms with van der Waals surface area (Å²) in [5.74, 6) is 1.77. The van der Waals surface area contributed by atoms with Gasteiger partial charge in [0.1, 0.15) is 0 Å². The topological polar surface area (TPSA) is 64.7 Å². The molecule has 3 rings (SSSR count). The van der Waals surface area contributed by atoms with Crippen molar-refractivity contribution in [3.63, 3.8) is 0 Å². The Balaban J connectivity index is 1.34. The fourth-order valence-electron chi connectivity index (χ4n) is 3.64. The third kappa shape index (κ3) is 5.45. The number of hydrogen-bond donors (Lipinski definition) is 2. The van der Waals surface area contributed by atoms with Gasteiger partial charge < -0.3 is 10.6 Å². The number of carbonyl (C=O) groups excluding carboxylic acids is 2. The van der Waals surface area contributed by atoms with Crippen molar-refractivity contribution in [3.8, 4) is 0 Å². The minimum atomic E-state index is 0.0906. The van der Waals surface area contributed by atoms with Gasteiger partial charge in [-0.05, 0) is 51.4 Å². The molecule has 2 N–H and O–H groups in total. The first-order valence-corrected chi connectivity index (χ1v) is 9.54. The molecule has 0 radical (unpaired) electrons. The van der Waals surface area contributed by atoms with Crippen LogP contribution in [0.4, 0.5) is 0 Å². The standard InChI is InChI=1S/C18H32N4O2/c1-13(2)19-16(23)11-21-7-9-22(10-8-21)12-17(24)20-18(14-3-4-14)15-5-6-15/h13-15,18H,3-12H2,1-2H3,(H,19,23)(H,20,24). The van der Waals surface area contributed by atoms with Crippen LogP contribution < -0.4 is 10.6 Å². The van der Waals surface area contributed by atoms with Crippen LogP contribution in [-0.4, -0.2) is 73.0 Å². The van der Waals surface area contributed by atoms with Gasteiger partial charge in [-0.25, -0.2) is 0 Å². The molecular weight excluding hydrogens is 304 g/mol. The molecule has 6 nitrogen and oxygen atoms in total. The highest BCUT2D eigenvalue weighted by molar-refractivity contribution is 5.79. The molecule has 1 saturated heterocycles. The Morgan fingerprint density at radius 1 is 0.833 bits per heavy atom. The lowest BCUT2D eigenvalue weighted by molar-refractivity contribution is -0.125. The molecular formula is C18H32N4O2. The van der Waals surface area contributed by atoms with Crippen molar-refractivity contribution in [1.29, 1.82) is 0 Å². The first kappa shape index (κ1) is 17.7. The zero-order valence-electron chi connectivity index (χ0n) is 15.1. The van der Waals surface area contributed by atoms with E-state index in [0.29, 0.717) is 19.1 Å². The van der Waals surface area contributed by atoms with Crippen LogP contribution in [0.15, 0.2) is 0 Å². The van der Waals surface area contributed by atoms with Gasteiger partial charge in [0.25, 0.3) is 0 Å². The Morgan fingerprint density at radius 3 is 1.62 bits per heavy atom. The van der Waals surface area contributed by atoms with E-state index in [9.17, 15) is 9.59 Å². The number of amides is 2. The van der Waals surface area contributed by atoms with Gasteiger partial charge in [0, 0.05) is 38.3 Å². The van der Waals surface area contributed by atoms with Gasteiger partial charge in [-0.3, -0.25) is 19.4 Å². The second-order valence-electron chi connectivity index (χ2n) is 8.04. The highest BCUT2D eigenvalue weighted by Gasteiger charge is 2.42. The van der Waals surface area contributed by atoms with Crippen molar-refractivity contribution in [2.75, 3.05) is 39.3 Å². The second-order valence-corrected chi connectivity index (χ2v) is 8.04. The van der Waals surface area contributed by atoms with Crippen LogP contribution in [0.5, 0.6) is 0 Å². The maximum absolute atomic E-state index is 12.3. The number of nitrogens with zero attached hydrogens (tertiary/aromatic N) is 2. The van der Waals surface area contributed by atoms with Gasteiger partial charge in [-0.1, -0.05) is 0 Å². The van der Waals surface area contributed by atoms with Crippen LogP contribution in [0.25, 0.3) is 0 Å². The first-order valence-electron chi connectivity index (χ1n) is 9.54. The van der Waals surface area contributed by atoms with Crippen LogP contribution in [-0.2, 0) is 9.59 Å². The van der Waals surface area contributed by atoms with Gasteiger partial charge in [0.15, 0.2) is 0 Å². The quantitative estimate of drug-likeness (QED) is 0.675. The van der Waals surface area contributed by atoms with E-state index in [-0.39, 0.29) is 17.9 Å². The fourth-order valence-corrected chi connectivity index (χ4v) is 3.64. The van der Waals surface area contributed by atoms with Crippen molar-refractivity contribution in [2.24, 2.45) is 11.8 Å². The van der Waals surface area contributed by atoms with Crippen molar-refractivity contribution >= 4 is 11.8 Å². The van der Waals surface area contributed by atoms with Gasteiger partial charge >= 0.3 is 0 Å². The Bertz CT molecular complexity index is 440. The molecule has 3 aliphatic rings. The second kappa shape index (κ2) is 7.83. The summed E-state index contributed by atoms with van der Waals surface area (Å²) in [6, 6.07) is 0.631. The van der Waals surface area contributed by atoms with Gasteiger partial charge in [-0.2, -0.15) is 0 Å². The molecule has 2 aliphatic carbocycles. The molecule has 0 unspecified atom stereocenters. The number of piperazine rings is 1. The molecule has 0 atom stereocenters. The predicted octanol–water partition coefficient (Wildman–Crippen LogP) is 0.433. The Kier molecular flexibility index (Phi) is 5.76. The molecule has 6 heteroatoms. The maximum atomic E-state index is 12.3. The van der Waals surface area contributed by atoms with Crippen LogP contribution in [0.1, 0.15) is 39.5 Å². The zero-order chi connectivity index (χ0) is 17.1. The van der Waals surface area contributed by atoms with Crippen molar-refractivity contribution < 1.29 is 9.59 Å². The lowest BCUT2D eigenvalue weighted by Gasteiger charge is -2.34. The molecule has 0 bridgehead atoms.